The molecule has 3 amide bonds. The molecule has 1 aliphatic heterocycles. The Labute approximate surface area is 161 Å². The van der Waals surface area contributed by atoms with Gasteiger partial charge < -0.3 is 15.3 Å². The van der Waals surface area contributed by atoms with Crippen molar-refractivity contribution in [2.45, 2.75) is 0 Å². The summed E-state index contributed by atoms with van der Waals surface area (Å²) in [4.78, 5) is 47.5. The van der Waals surface area contributed by atoms with Crippen molar-refractivity contribution in [3.63, 3.8) is 0 Å². The molecule has 28 heavy (non-hydrogen) atoms. The fourth-order valence-electron chi connectivity index (χ4n) is 2.47. The van der Waals surface area contributed by atoms with Crippen LogP contribution in [-0.4, -0.2) is 68.4 Å². The second kappa shape index (κ2) is 7.48. The summed E-state index contributed by atoms with van der Waals surface area (Å²) in [6.07, 6.45) is 1.35. The molecular formula is C17H13N3O7S. The Kier molecular flexibility index (Phi) is 5.09. The number of carboxylic acid groups (broad SMARTS) is 2. The van der Waals surface area contributed by atoms with E-state index in [1.165, 1.54) is 29.7 Å². The van der Waals surface area contributed by atoms with Gasteiger partial charge in [0, 0.05) is 9.75 Å². The van der Waals surface area contributed by atoms with E-state index in [2.05, 4.69) is 5.10 Å². The van der Waals surface area contributed by atoms with Crippen LogP contribution in [0.4, 0.5) is 4.79 Å². The molecule has 10 nitrogen and oxygen atoms in total. The zero-order valence-electron chi connectivity index (χ0n) is 14.1. The number of rotatable bonds is 6. The van der Waals surface area contributed by atoms with Gasteiger partial charge in [-0.3, -0.25) is 9.59 Å². The van der Waals surface area contributed by atoms with E-state index in [0.717, 1.165) is 5.01 Å². The van der Waals surface area contributed by atoms with Crippen molar-refractivity contribution in [1.29, 1.82) is 0 Å². The van der Waals surface area contributed by atoms with Gasteiger partial charge in [0.2, 0.25) is 0 Å². The first-order valence-corrected chi connectivity index (χ1v) is 8.62. The molecule has 0 unspecified atom stereocenters. The smallest absolute Gasteiger partial charge is 0.348 e. The number of aromatic carboxylic acids is 1. The number of amides is 3. The Morgan fingerprint density at radius 2 is 1.93 bits per heavy atom. The van der Waals surface area contributed by atoms with Crippen LogP contribution in [0.5, 0.6) is 5.75 Å². The van der Waals surface area contributed by atoms with E-state index in [0.29, 0.717) is 20.2 Å². The maximum atomic E-state index is 12.0. The van der Waals surface area contributed by atoms with Gasteiger partial charge in [-0.25, -0.2) is 19.5 Å². The average molecular weight is 403 g/mol. The first kappa shape index (κ1) is 19.0. The summed E-state index contributed by atoms with van der Waals surface area (Å²) in [5.74, 6) is -3.54. The zero-order valence-corrected chi connectivity index (χ0v) is 14.9. The molecule has 144 valence electrons. The number of carbonyl (C=O) groups excluding carboxylic acids is 2. The monoisotopic (exact) mass is 403 g/mol. The zero-order chi connectivity index (χ0) is 20.4. The van der Waals surface area contributed by atoms with Gasteiger partial charge in [-0.15, -0.1) is 11.3 Å². The van der Waals surface area contributed by atoms with Crippen LogP contribution in [0.3, 0.4) is 0 Å². The molecule has 0 atom stereocenters. The van der Waals surface area contributed by atoms with Gasteiger partial charge in [0.05, 0.1) is 6.21 Å². The van der Waals surface area contributed by atoms with Crippen LogP contribution in [-0.2, 0) is 9.59 Å². The largest absolute Gasteiger partial charge is 0.507 e. The first-order chi connectivity index (χ1) is 13.3. The molecule has 1 aromatic heterocycles. The summed E-state index contributed by atoms with van der Waals surface area (Å²) in [5, 5.41) is 32.2. The molecule has 11 heteroatoms. The first-order valence-electron chi connectivity index (χ1n) is 7.80. The van der Waals surface area contributed by atoms with E-state index in [1.54, 1.807) is 18.2 Å². The second-order valence-electron chi connectivity index (χ2n) is 5.70. The summed E-state index contributed by atoms with van der Waals surface area (Å²) in [6, 6.07) is 6.80. The molecule has 1 fully saturated rings. The minimum absolute atomic E-state index is 0.221. The topological polar surface area (TPSA) is 148 Å². The summed E-state index contributed by atoms with van der Waals surface area (Å²) < 4.78 is 0. The lowest BCUT2D eigenvalue weighted by molar-refractivity contribution is -0.141. The Hall–Kier alpha value is -3.73. The highest BCUT2D eigenvalue weighted by atomic mass is 32.1. The molecule has 2 aromatic rings. The van der Waals surface area contributed by atoms with Crippen molar-refractivity contribution in [3.8, 4) is 16.2 Å². The van der Waals surface area contributed by atoms with Gasteiger partial charge in [0.25, 0.3) is 5.91 Å². The van der Waals surface area contributed by atoms with Crippen LogP contribution in [0, 0.1) is 0 Å². The van der Waals surface area contributed by atoms with Crippen molar-refractivity contribution >= 4 is 41.4 Å². The quantitative estimate of drug-likeness (QED) is 0.489. The highest BCUT2D eigenvalue weighted by Gasteiger charge is 2.37. The van der Waals surface area contributed by atoms with Crippen LogP contribution in [0.2, 0.25) is 0 Å². The van der Waals surface area contributed by atoms with E-state index in [4.69, 9.17) is 10.2 Å². The number of hydrogen-bond acceptors (Lipinski definition) is 7. The SMILES string of the molecule is O=C(O)CN1C(=O)CN(/N=C/c2ccc(-c3ccc(O)c(C(=O)O)c3)s2)C1=O. The lowest BCUT2D eigenvalue weighted by Crippen LogP contribution is -2.35. The fraction of sp³-hybridized carbons (Fsp3) is 0.118. The number of phenols is 1. The summed E-state index contributed by atoms with van der Waals surface area (Å²) in [6.45, 7) is -1.07. The van der Waals surface area contributed by atoms with E-state index in [-0.39, 0.29) is 17.9 Å². The van der Waals surface area contributed by atoms with Crippen molar-refractivity contribution in [2.24, 2.45) is 5.10 Å². The number of carboxylic acids is 2. The molecular weight excluding hydrogens is 390 g/mol. The molecule has 0 aliphatic carbocycles. The number of aromatic hydroxyl groups is 1. The predicted molar refractivity (Wildman–Crippen MR) is 97.4 cm³/mol. The van der Waals surface area contributed by atoms with Gasteiger partial charge in [-0.2, -0.15) is 5.10 Å². The third-order valence-corrected chi connectivity index (χ3v) is 4.86. The Morgan fingerprint density at radius 1 is 1.18 bits per heavy atom. The number of aliphatic carboxylic acids is 1. The van der Waals surface area contributed by atoms with Gasteiger partial charge in [-0.1, -0.05) is 0 Å². The molecule has 0 saturated carbocycles. The van der Waals surface area contributed by atoms with Gasteiger partial charge in [0.15, 0.2) is 0 Å². The molecule has 0 radical (unpaired) electrons. The van der Waals surface area contributed by atoms with Crippen LogP contribution < -0.4 is 0 Å². The summed E-state index contributed by atoms with van der Waals surface area (Å²) >= 11 is 1.25. The number of imide groups is 1. The lowest BCUT2D eigenvalue weighted by Gasteiger charge is -2.10. The molecule has 3 N–H and O–H groups in total. The number of benzene rings is 1. The minimum atomic E-state index is -1.30. The average Bonchev–Trinajstić information content (AvgIpc) is 3.20. The van der Waals surface area contributed by atoms with E-state index >= 15 is 0 Å². The predicted octanol–water partition coefficient (Wildman–Crippen LogP) is 1.50. The molecule has 1 aliphatic rings. The van der Waals surface area contributed by atoms with Crippen molar-refractivity contribution in [2.75, 3.05) is 13.1 Å². The number of hydrogen-bond donors (Lipinski definition) is 3. The number of thiophene rings is 1. The summed E-state index contributed by atoms with van der Waals surface area (Å²) in [5.41, 5.74) is 0.362. The van der Waals surface area contributed by atoms with Crippen molar-refractivity contribution in [3.05, 3.63) is 40.8 Å². The number of carbonyl (C=O) groups is 4. The van der Waals surface area contributed by atoms with Gasteiger partial charge >= 0.3 is 18.0 Å². The Balaban J connectivity index is 1.76. The van der Waals surface area contributed by atoms with Crippen LogP contribution in [0.1, 0.15) is 15.2 Å². The van der Waals surface area contributed by atoms with Crippen LogP contribution in [0.15, 0.2) is 35.4 Å². The van der Waals surface area contributed by atoms with Crippen molar-refractivity contribution < 1.29 is 34.5 Å². The highest BCUT2D eigenvalue weighted by Crippen LogP contribution is 2.31. The van der Waals surface area contributed by atoms with Gasteiger partial charge in [0.1, 0.15) is 24.4 Å². The summed E-state index contributed by atoms with van der Waals surface area (Å²) in [7, 11) is 0. The number of urea groups is 1. The standard InChI is InChI=1S/C17H13N3O7S/c21-12-3-1-9(5-11(12)16(25)26)13-4-2-10(28-13)6-18-20-7-14(22)19(17(20)27)8-15(23)24/h1-6,21H,7-8H2,(H,23,24)(H,25,26)/b18-6+. The maximum Gasteiger partial charge on any atom is 0.348 e. The normalized spacial score (nSPS) is 14.3. The molecule has 3 rings (SSSR count). The van der Waals surface area contributed by atoms with E-state index in [1.807, 2.05) is 0 Å². The third kappa shape index (κ3) is 3.83. The molecule has 1 aromatic carbocycles. The highest BCUT2D eigenvalue weighted by molar-refractivity contribution is 7.17. The molecule has 1 saturated heterocycles. The van der Waals surface area contributed by atoms with E-state index < -0.39 is 30.4 Å². The van der Waals surface area contributed by atoms with Crippen LogP contribution in [0.25, 0.3) is 10.4 Å². The molecule has 2 heterocycles. The fourth-order valence-corrected chi connectivity index (χ4v) is 3.34. The maximum absolute atomic E-state index is 12.0. The Morgan fingerprint density at radius 3 is 2.61 bits per heavy atom. The third-order valence-electron chi connectivity index (χ3n) is 3.79. The number of nitrogens with zero attached hydrogens (tertiary/aromatic N) is 3. The van der Waals surface area contributed by atoms with Gasteiger partial charge in [-0.05, 0) is 35.9 Å². The molecule has 0 spiro atoms. The molecule has 0 bridgehead atoms. The van der Waals surface area contributed by atoms with E-state index in [9.17, 15) is 24.3 Å². The number of hydrazone groups is 1. The van der Waals surface area contributed by atoms with Crippen molar-refractivity contribution in [1.82, 2.24) is 9.91 Å². The lowest BCUT2D eigenvalue weighted by atomic mass is 10.1. The van der Waals surface area contributed by atoms with Crippen LogP contribution >= 0.6 is 11.3 Å². The minimum Gasteiger partial charge on any atom is -0.507 e. The Bertz CT molecular complexity index is 1010. The second-order valence-corrected chi connectivity index (χ2v) is 6.81.